The van der Waals surface area contributed by atoms with Crippen molar-refractivity contribution in [1.82, 2.24) is 0 Å². The van der Waals surface area contributed by atoms with E-state index >= 15 is 0 Å². The van der Waals surface area contributed by atoms with Crippen LogP contribution in [0.5, 0.6) is 0 Å². The third kappa shape index (κ3) is 1.41. The highest BCUT2D eigenvalue weighted by Gasteiger charge is 2.27. The van der Waals surface area contributed by atoms with Crippen molar-refractivity contribution in [1.29, 1.82) is 5.41 Å². The van der Waals surface area contributed by atoms with Gasteiger partial charge in [0.05, 0.1) is 5.71 Å². The summed E-state index contributed by atoms with van der Waals surface area (Å²) in [4.78, 5) is 0. The van der Waals surface area contributed by atoms with Crippen molar-refractivity contribution in [3.05, 3.63) is 23.8 Å². The first-order valence-electron chi connectivity index (χ1n) is 2.87. The molecule has 1 aliphatic rings. The van der Waals surface area contributed by atoms with Crippen molar-refractivity contribution < 1.29 is 0 Å². The molecule has 0 aromatic carbocycles. The molecule has 0 saturated carbocycles. The molecule has 0 fully saturated rings. The van der Waals surface area contributed by atoms with Crippen LogP contribution in [0.4, 0.5) is 0 Å². The quantitative estimate of drug-likeness (QED) is 0.548. The first kappa shape index (κ1) is 7.83. The van der Waals surface area contributed by atoms with Crippen LogP contribution < -0.4 is 0 Å². The van der Waals surface area contributed by atoms with Gasteiger partial charge in [-0.15, -0.1) is 0 Å². The number of hydrogen-bond acceptors (Lipinski definition) is 1. The zero-order valence-electron chi connectivity index (χ0n) is 5.49. The van der Waals surface area contributed by atoms with Gasteiger partial charge in [0.15, 0.2) is 4.33 Å². The van der Waals surface area contributed by atoms with Crippen molar-refractivity contribution in [3.8, 4) is 0 Å². The summed E-state index contributed by atoms with van der Waals surface area (Å²) in [5.74, 6) is 0. The van der Waals surface area contributed by atoms with E-state index < -0.39 is 4.33 Å². The van der Waals surface area contributed by atoms with E-state index in [-0.39, 0.29) is 5.71 Å². The predicted octanol–water partition coefficient (Wildman–Crippen LogP) is 2.70. The van der Waals surface area contributed by atoms with Crippen LogP contribution in [0, 0.1) is 5.41 Å². The SMILES string of the molecule is CC1=CC(Cl)(Cl)C(=N)C=C1. The smallest absolute Gasteiger partial charge is 0.177 e. The highest BCUT2D eigenvalue weighted by atomic mass is 35.5. The Bertz CT molecular complexity index is 226. The summed E-state index contributed by atoms with van der Waals surface area (Å²) in [5, 5.41) is 7.29. The standard InChI is InChI=1S/C7H7Cl2N/c1-5-2-3-6(10)7(8,9)4-5/h2-4,10H,1H3. The second-order valence-corrected chi connectivity index (χ2v) is 3.64. The molecule has 0 aliphatic heterocycles. The maximum Gasteiger partial charge on any atom is 0.177 e. The Morgan fingerprint density at radius 2 is 2.00 bits per heavy atom. The molecule has 1 rings (SSSR count). The maximum absolute atomic E-state index is 7.29. The van der Waals surface area contributed by atoms with Crippen molar-refractivity contribution in [2.24, 2.45) is 0 Å². The lowest BCUT2D eigenvalue weighted by atomic mass is 10.1. The fraction of sp³-hybridized carbons (Fsp3) is 0.286. The van der Waals surface area contributed by atoms with Crippen LogP contribution in [0.1, 0.15) is 6.92 Å². The van der Waals surface area contributed by atoms with Crippen LogP contribution in [0.15, 0.2) is 23.8 Å². The Balaban J connectivity index is 2.99. The van der Waals surface area contributed by atoms with Crippen molar-refractivity contribution in [2.75, 3.05) is 0 Å². The Labute approximate surface area is 69.8 Å². The number of alkyl halides is 2. The van der Waals surface area contributed by atoms with Crippen LogP contribution in [-0.4, -0.2) is 10.0 Å². The first-order chi connectivity index (χ1) is 4.52. The van der Waals surface area contributed by atoms with Crippen molar-refractivity contribution in [3.63, 3.8) is 0 Å². The molecule has 1 N–H and O–H groups in total. The molecule has 0 aromatic heterocycles. The molecule has 0 atom stereocenters. The third-order valence-electron chi connectivity index (χ3n) is 1.28. The van der Waals surface area contributed by atoms with Gasteiger partial charge < -0.3 is 5.41 Å². The minimum Gasteiger partial charge on any atom is -0.302 e. The van der Waals surface area contributed by atoms with Crippen LogP contribution in [0.2, 0.25) is 0 Å². The van der Waals surface area contributed by atoms with E-state index in [9.17, 15) is 0 Å². The van der Waals surface area contributed by atoms with E-state index in [1.54, 1.807) is 12.2 Å². The van der Waals surface area contributed by atoms with Gasteiger partial charge in [-0.3, -0.25) is 0 Å². The summed E-state index contributed by atoms with van der Waals surface area (Å²) < 4.78 is -1.11. The largest absolute Gasteiger partial charge is 0.302 e. The zero-order chi connectivity index (χ0) is 7.78. The summed E-state index contributed by atoms with van der Waals surface area (Å²) >= 11 is 11.5. The lowest BCUT2D eigenvalue weighted by Gasteiger charge is -2.17. The number of rotatable bonds is 0. The lowest BCUT2D eigenvalue weighted by Crippen LogP contribution is -2.22. The van der Waals surface area contributed by atoms with E-state index in [0.29, 0.717) is 0 Å². The fourth-order valence-electron chi connectivity index (χ4n) is 0.738. The highest BCUT2D eigenvalue weighted by molar-refractivity contribution is 6.61. The molecular formula is C7H7Cl2N. The second-order valence-electron chi connectivity index (χ2n) is 2.26. The average Bonchev–Trinajstić information content (AvgIpc) is 1.78. The average molecular weight is 176 g/mol. The van der Waals surface area contributed by atoms with Gasteiger partial charge >= 0.3 is 0 Å². The molecule has 0 unspecified atom stereocenters. The molecule has 0 aromatic rings. The molecule has 3 heteroatoms. The number of allylic oxidation sites excluding steroid dienone is 4. The van der Waals surface area contributed by atoms with Gasteiger partial charge in [-0.1, -0.05) is 34.9 Å². The Hall–Kier alpha value is -0.270. The number of nitrogens with one attached hydrogen (secondary N) is 1. The minimum absolute atomic E-state index is 0.224. The van der Waals surface area contributed by atoms with E-state index in [4.69, 9.17) is 28.6 Å². The van der Waals surface area contributed by atoms with Gasteiger partial charge in [0, 0.05) is 0 Å². The molecule has 0 radical (unpaired) electrons. The first-order valence-corrected chi connectivity index (χ1v) is 3.62. The number of halogens is 2. The Morgan fingerprint density at radius 1 is 1.40 bits per heavy atom. The van der Waals surface area contributed by atoms with E-state index in [1.807, 2.05) is 13.0 Å². The summed E-state index contributed by atoms with van der Waals surface area (Å²) in [6.45, 7) is 1.89. The van der Waals surface area contributed by atoms with Crippen molar-refractivity contribution >= 4 is 28.9 Å². The van der Waals surface area contributed by atoms with Gasteiger partial charge in [0.2, 0.25) is 0 Å². The topological polar surface area (TPSA) is 23.9 Å². The van der Waals surface area contributed by atoms with Gasteiger partial charge in [0.25, 0.3) is 0 Å². The number of hydrogen-bond donors (Lipinski definition) is 1. The molecule has 0 heterocycles. The van der Waals surface area contributed by atoms with Crippen molar-refractivity contribution in [2.45, 2.75) is 11.3 Å². The van der Waals surface area contributed by atoms with E-state index in [2.05, 4.69) is 0 Å². The van der Waals surface area contributed by atoms with Gasteiger partial charge in [-0.05, 0) is 19.1 Å². The molecule has 0 bridgehead atoms. The molecule has 0 amide bonds. The molecule has 1 nitrogen and oxygen atoms in total. The fourth-order valence-corrected chi connectivity index (χ4v) is 1.21. The molecule has 0 spiro atoms. The molecule has 54 valence electrons. The van der Waals surface area contributed by atoms with Gasteiger partial charge in [-0.25, -0.2) is 0 Å². The van der Waals surface area contributed by atoms with Crippen LogP contribution in [0.25, 0.3) is 0 Å². The molecule has 1 aliphatic carbocycles. The summed E-state index contributed by atoms with van der Waals surface area (Å²) in [6, 6.07) is 0. The Morgan fingerprint density at radius 3 is 2.40 bits per heavy atom. The van der Waals surface area contributed by atoms with Crippen LogP contribution >= 0.6 is 23.2 Å². The summed E-state index contributed by atoms with van der Waals surface area (Å²) in [7, 11) is 0. The zero-order valence-corrected chi connectivity index (χ0v) is 7.00. The molecular weight excluding hydrogens is 169 g/mol. The van der Waals surface area contributed by atoms with E-state index in [1.165, 1.54) is 0 Å². The second kappa shape index (κ2) is 2.40. The summed E-state index contributed by atoms with van der Waals surface area (Å²) in [5.41, 5.74) is 1.21. The summed E-state index contributed by atoms with van der Waals surface area (Å²) in [6.07, 6.45) is 5.07. The third-order valence-corrected chi connectivity index (χ3v) is 1.91. The normalized spacial score (nSPS) is 22.7. The van der Waals surface area contributed by atoms with Gasteiger partial charge in [0.1, 0.15) is 0 Å². The van der Waals surface area contributed by atoms with Crippen LogP contribution in [-0.2, 0) is 0 Å². The van der Waals surface area contributed by atoms with Crippen LogP contribution in [0.3, 0.4) is 0 Å². The highest BCUT2D eigenvalue weighted by Crippen LogP contribution is 2.29. The molecule has 10 heavy (non-hydrogen) atoms. The monoisotopic (exact) mass is 175 g/mol. The Kier molecular flexibility index (Phi) is 1.88. The predicted molar refractivity (Wildman–Crippen MR) is 45.1 cm³/mol. The lowest BCUT2D eigenvalue weighted by molar-refractivity contribution is 1.24. The minimum atomic E-state index is -1.11. The van der Waals surface area contributed by atoms with E-state index in [0.717, 1.165) is 5.57 Å². The maximum atomic E-state index is 7.29. The molecule has 0 saturated heterocycles. The van der Waals surface area contributed by atoms with Gasteiger partial charge in [-0.2, -0.15) is 0 Å².